The molecule has 4 atom stereocenters. The predicted molar refractivity (Wildman–Crippen MR) is 96.1 cm³/mol. The summed E-state index contributed by atoms with van der Waals surface area (Å²) in [5.41, 5.74) is 3.15. The van der Waals surface area contributed by atoms with Crippen LogP contribution in [-0.4, -0.2) is 34.1 Å². The van der Waals surface area contributed by atoms with E-state index in [0.717, 1.165) is 25.7 Å². The van der Waals surface area contributed by atoms with Crippen molar-refractivity contribution in [2.75, 3.05) is 6.61 Å². The quantitative estimate of drug-likeness (QED) is 0.676. The standard InChI is InChI=1S/C20H34O3/c1-14(2)7-5-9-16(4)18-12-11-15(3)8-6-10-17(13-21)19(22)20(18)23/h7-8,10,16,18-23H,5-6,9,11-13H2,1-4H3/b15-8+,17-10-/t16-,18-,19-,20+/m0/s1. The average molecular weight is 322 g/mol. The second-order valence-electron chi connectivity index (χ2n) is 7.20. The second-order valence-corrected chi connectivity index (χ2v) is 7.20. The van der Waals surface area contributed by atoms with E-state index in [4.69, 9.17) is 0 Å². The Morgan fingerprint density at radius 2 is 2.00 bits per heavy atom. The van der Waals surface area contributed by atoms with Gasteiger partial charge in [0.2, 0.25) is 0 Å². The molecule has 0 radical (unpaired) electrons. The zero-order valence-electron chi connectivity index (χ0n) is 15.1. The molecule has 0 fully saturated rings. The van der Waals surface area contributed by atoms with E-state index in [9.17, 15) is 15.3 Å². The van der Waals surface area contributed by atoms with E-state index < -0.39 is 12.2 Å². The summed E-state index contributed by atoms with van der Waals surface area (Å²) in [6.45, 7) is 8.26. The molecule has 1 aliphatic rings. The zero-order chi connectivity index (χ0) is 17.4. The molecule has 3 heteroatoms. The van der Waals surface area contributed by atoms with Crippen LogP contribution in [0, 0.1) is 11.8 Å². The molecule has 0 spiro atoms. The summed E-state index contributed by atoms with van der Waals surface area (Å²) in [5, 5.41) is 30.6. The summed E-state index contributed by atoms with van der Waals surface area (Å²) < 4.78 is 0. The number of hydrogen-bond donors (Lipinski definition) is 3. The molecule has 1 aliphatic carbocycles. The van der Waals surface area contributed by atoms with E-state index in [1.54, 1.807) is 0 Å². The molecule has 23 heavy (non-hydrogen) atoms. The van der Waals surface area contributed by atoms with Gasteiger partial charge in [0.25, 0.3) is 0 Å². The fraction of sp³-hybridized carbons (Fsp3) is 0.700. The molecule has 3 N–H and O–H groups in total. The Bertz CT molecular complexity index is 444. The van der Waals surface area contributed by atoms with Crippen LogP contribution in [0.25, 0.3) is 0 Å². The first-order chi connectivity index (χ1) is 10.9. The molecule has 0 saturated carbocycles. The van der Waals surface area contributed by atoms with E-state index in [1.807, 2.05) is 6.08 Å². The predicted octanol–water partition coefficient (Wildman–Crippen LogP) is 3.76. The minimum atomic E-state index is -0.970. The lowest BCUT2D eigenvalue weighted by atomic mass is 9.78. The molecule has 132 valence electrons. The number of hydrogen-bond acceptors (Lipinski definition) is 3. The van der Waals surface area contributed by atoms with Gasteiger partial charge < -0.3 is 15.3 Å². The zero-order valence-corrected chi connectivity index (χ0v) is 15.1. The Morgan fingerprint density at radius 1 is 1.30 bits per heavy atom. The van der Waals surface area contributed by atoms with E-state index in [2.05, 4.69) is 39.8 Å². The van der Waals surface area contributed by atoms with E-state index in [0.29, 0.717) is 17.9 Å². The summed E-state index contributed by atoms with van der Waals surface area (Å²) in [6.07, 6.45) is 8.94. The molecule has 0 aromatic carbocycles. The van der Waals surface area contributed by atoms with Crippen molar-refractivity contribution in [2.45, 2.75) is 72.0 Å². The summed E-state index contributed by atoms with van der Waals surface area (Å²) >= 11 is 0. The van der Waals surface area contributed by atoms with Crippen LogP contribution in [0.3, 0.4) is 0 Å². The van der Waals surface area contributed by atoms with Crippen molar-refractivity contribution in [3.05, 3.63) is 34.9 Å². The summed E-state index contributed by atoms with van der Waals surface area (Å²) in [5.74, 6) is 0.356. The highest BCUT2D eigenvalue weighted by molar-refractivity contribution is 5.15. The van der Waals surface area contributed by atoms with Crippen LogP contribution in [0.1, 0.15) is 59.8 Å². The Morgan fingerprint density at radius 3 is 2.61 bits per heavy atom. The van der Waals surface area contributed by atoms with Gasteiger partial charge in [-0.15, -0.1) is 0 Å². The lowest BCUT2D eigenvalue weighted by molar-refractivity contribution is -0.0224. The Hall–Kier alpha value is -0.900. The Balaban J connectivity index is 2.89. The van der Waals surface area contributed by atoms with Crippen LogP contribution in [0.5, 0.6) is 0 Å². The molecule has 0 unspecified atom stereocenters. The summed E-state index contributed by atoms with van der Waals surface area (Å²) in [4.78, 5) is 0. The SMILES string of the molecule is CC(C)=CCC[C@H](C)[C@@H]1CC/C(C)=C/C/C=C(/CO)[C@H](O)[C@@H]1O. The van der Waals surface area contributed by atoms with Gasteiger partial charge in [-0.1, -0.05) is 36.3 Å². The number of rotatable bonds is 5. The Labute approximate surface area is 141 Å². The number of aliphatic hydroxyl groups excluding tert-OH is 3. The smallest absolute Gasteiger partial charge is 0.103 e. The minimum absolute atomic E-state index is 0.0342. The molecule has 0 bridgehead atoms. The Kier molecular flexibility index (Phi) is 8.82. The topological polar surface area (TPSA) is 60.7 Å². The van der Waals surface area contributed by atoms with Crippen molar-refractivity contribution in [3.63, 3.8) is 0 Å². The molecule has 0 aliphatic heterocycles. The van der Waals surface area contributed by atoms with Crippen molar-refractivity contribution >= 4 is 0 Å². The van der Waals surface area contributed by atoms with Gasteiger partial charge in [-0.05, 0) is 70.3 Å². The van der Waals surface area contributed by atoms with Crippen LogP contribution in [0.15, 0.2) is 34.9 Å². The van der Waals surface area contributed by atoms with Crippen LogP contribution in [-0.2, 0) is 0 Å². The first-order valence-corrected chi connectivity index (χ1v) is 8.81. The molecular formula is C20H34O3. The third-order valence-electron chi connectivity index (χ3n) is 4.95. The molecule has 3 nitrogen and oxygen atoms in total. The van der Waals surface area contributed by atoms with Crippen LogP contribution < -0.4 is 0 Å². The molecular weight excluding hydrogens is 288 g/mol. The highest BCUT2D eigenvalue weighted by Gasteiger charge is 2.32. The fourth-order valence-corrected chi connectivity index (χ4v) is 3.28. The first-order valence-electron chi connectivity index (χ1n) is 8.81. The molecule has 0 aromatic rings. The maximum atomic E-state index is 10.7. The minimum Gasteiger partial charge on any atom is -0.392 e. The third kappa shape index (κ3) is 6.62. The van der Waals surface area contributed by atoms with E-state index in [1.165, 1.54) is 11.1 Å². The van der Waals surface area contributed by atoms with Gasteiger partial charge in [0.15, 0.2) is 0 Å². The van der Waals surface area contributed by atoms with Gasteiger partial charge in [-0.2, -0.15) is 0 Å². The summed E-state index contributed by atoms with van der Waals surface area (Å²) in [6, 6.07) is 0. The second kappa shape index (κ2) is 10.1. The molecule has 0 saturated heterocycles. The summed E-state index contributed by atoms with van der Waals surface area (Å²) in [7, 11) is 0. The van der Waals surface area contributed by atoms with Gasteiger partial charge in [0.1, 0.15) is 6.10 Å². The lowest BCUT2D eigenvalue weighted by Crippen LogP contribution is -2.39. The van der Waals surface area contributed by atoms with Crippen molar-refractivity contribution < 1.29 is 15.3 Å². The van der Waals surface area contributed by atoms with Gasteiger partial charge in [0, 0.05) is 0 Å². The largest absolute Gasteiger partial charge is 0.392 e. The molecule has 0 heterocycles. The number of aliphatic hydroxyl groups is 3. The van der Waals surface area contributed by atoms with Gasteiger partial charge >= 0.3 is 0 Å². The average Bonchev–Trinajstić information content (AvgIpc) is 2.50. The fourth-order valence-electron chi connectivity index (χ4n) is 3.28. The highest BCUT2D eigenvalue weighted by Crippen LogP contribution is 2.31. The van der Waals surface area contributed by atoms with Gasteiger partial charge in [0.05, 0.1) is 12.7 Å². The van der Waals surface area contributed by atoms with Crippen molar-refractivity contribution in [2.24, 2.45) is 11.8 Å². The van der Waals surface area contributed by atoms with Gasteiger partial charge in [-0.25, -0.2) is 0 Å². The molecule has 0 amide bonds. The first kappa shape index (κ1) is 20.1. The van der Waals surface area contributed by atoms with E-state index in [-0.39, 0.29) is 12.5 Å². The van der Waals surface area contributed by atoms with Crippen molar-refractivity contribution in [3.8, 4) is 0 Å². The van der Waals surface area contributed by atoms with E-state index >= 15 is 0 Å². The van der Waals surface area contributed by atoms with Gasteiger partial charge in [-0.3, -0.25) is 0 Å². The lowest BCUT2D eigenvalue weighted by Gasteiger charge is -2.33. The maximum Gasteiger partial charge on any atom is 0.103 e. The number of allylic oxidation sites excluding steroid dienone is 5. The van der Waals surface area contributed by atoms with Crippen molar-refractivity contribution in [1.82, 2.24) is 0 Å². The maximum absolute atomic E-state index is 10.7. The van der Waals surface area contributed by atoms with Crippen molar-refractivity contribution in [1.29, 1.82) is 0 Å². The molecule has 1 rings (SSSR count). The van der Waals surface area contributed by atoms with Crippen LogP contribution in [0.2, 0.25) is 0 Å². The monoisotopic (exact) mass is 322 g/mol. The van der Waals surface area contributed by atoms with Crippen LogP contribution in [0.4, 0.5) is 0 Å². The van der Waals surface area contributed by atoms with Crippen LogP contribution >= 0.6 is 0 Å². The molecule has 0 aromatic heterocycles. The highest BCUT2D eigenvalue weighted by atomic mass is 16.3. The third-order valence-corrected chi connectivity index (χ3v) is 4.95. The normalized spacial score (nSPS) is 32.2.